The standard InChI is InChI=1S/C17H24N4/c1-4-21-13-15(9-18-21)12-20-11-14(2)10-19(3)16-7-5-6-8-17(16)20/h5-9,13-14H,4,10-12H2,1-3H3. The van der Waals surface area contributed by atoms with E-state index in [0.29, 0.717) is 5.92 Å². The van der Waals surface area contributed by atoms with Crippen LogP contribution in [0.3, 0.4) is 0 Å². The van der Waals surface area contributed by atoms with Crippen molar-refractivity contribution in [2.24, 2.45) is 5.92 Å². The SMILES string of the molecule is CCn1cc(CN2CC(C)CN(C)c3ccccc32)cn1. The Morgan fingerprint density at radius 1 is 1.19 bits per heavy atom. The maximum absolute atomic E-state index is 4.39. The third-order valence-corrected chi connectivity index (χ3v) is 4.14. The van der Waals surface area contributed by atoms with Crippen molar-refractivity contribution in [2.75, 3.05) is 29.9 Å². The molecule has 2 aromatic rings. The fraction of sp³-hybridized carbons (Fsp3) is 0.471. The topological polar surface area (TPSA) is 24.3 Å². The predicted molar refractivity (Wildman–Crippen MR) is 87.8 cm³/mol. The zero-order chi connectivity index (χ0) is 14.8. The molecule has 1 unspecified atom stereocenters. The van der Waals surface area contributed by atoms with Gasteiger partial charge < -0.3 is 9.80 Å². The van der Waals surface area contributed by atoms with Crippen LogP contribution in [0.25, 0.3) is 0 Å². The lowest BCUT2D eigenvalue weighted by molar-refractivity contribution is 0.570. The Hall–Kier alpha value is -1.97. The van der Waals surface area contributed by atoms with E-state index in [1.807, 2.05) is 10.9 Å². The number of hydrogen-bond donors (Lipinski definition) is 0. The Morgan fingerprint density at radius 2 is 1.95 bits per heavy atom. The van der Waals surface area contributed by atoms with Crippen LogP contribution < -0.4 is 9.80 Å². The van der Waals surface area contributed by atoms with Gasteiger partial charge in [0, 0.05) is 45.0 Å². The summed E-state index contributed by atoms with van der Waals surface area (Å²) in [4.78, 5) is 4.86. The van der Waals surface area contributed by atoms with Crippen molar-refractivity contribution in [2.45, 2.75) is 26.9 Å². The highest BCUT2D eigenvalue weighted by molar-refractivity contribution is 5.71. The summed E-state index contributed by atoms with van der Waals surface area (Å²) in [5, 5.41) is 4.39. The zero-order valence-corrected chi connectivity index (χ0v) is 13.2. The number of anilines is 2. The third kappa shape index (κ3) is 2.89. The molecule has 0 saturated heterocycles. The number of para-hydroxylation sites is 2. The summed E-state index contributed by atoms with van der Waals surface area (Å²) in [5.74, 6) is 0.642. The third-order valence-electron chi connectivity index (χ3n) is 4.14. The van der Waals surface area contributed by atoms with E-state index in [2.05, 4.69) is 66.3 Å². The molecule has 0 saturated carbocycles. The smallest absolute Gasteiger partial charge is 0.0607 e. The predicted octanol–water partition coefficient (Wildman–Crippen LogP) is 3.00. The number of nitrogens with zero attached hydrogens (tertiary/aromatic N) is 4. The van der Waals surface area contributed by atoms with Crippen LogP contribution in [0, 0.1) is 5.92 Å². The van der Waals surface area contributed by atoms with Crippen molar-refractivity contribution in [3.05, 3.63) is 42.2 Å². The van der Waals surface area contributed by atoms with Gasteiger partial charge >= 0.3 is 0 Å². The lowest BCUT2D eigenvalue weighted by Crippen LogP contribution is -2.29. The van der Waals surface area contributed by atoms with E-state index in [0.717, 1.165) is 26.2 Å². The fourth-order valence-electron chi connectivity index (χ4n) is 3.18. The van der Waals surface area contributed by atoms with Crippen molar-refractivity contribution < 1.29 is 0 Å². The van der Waals surface area contributed by atoms with Gasteiger partial charge in [-0.15, -0.1) is 0 Å². The number of aromatic nitrogens is 2. The first-order valence-electron chi connectivity index (χ1n) is 7.73. The van der Waals surface area contributed by atoms with Gasteiger partial charge in [0.25, 0.3) is 0 Å². The summed E-state index contributed by atoms with van der Waals surface area (Å²) in [5.41, 5.74) is 3.93. The minimum Gasteiger partial charge on any atom is -0.373 e. The van der Waals surface area contributed by atoms with Gasteiger partial charge in [-0.05, 0) is 25.0 Å². The van der Waals surface area contributed by atoms with E-state index in [4.69, 9.17) is 0 Å². The van der Waals surface area contributed by atoms with E-state index < -0.39 is 0 Å². The Balaban J connectivity index is 1.90. The number of fused-ring (bicyclic) bond motifs is 1. The molecule has 1 aromatic carbocycles. The summed E-state index contributed by atoms with van der Waals surface area (Å²) >= 11 is 0. The summed E-state index contributed by atoms with van der Waals surface area (Å²) in [7, 11) is 2.19. The van der Waals surface area contributed by atoms with E-state index in [1.165, 1.54) is 16.9 Å². The Morgan fingerprint density at radius 3 is 2.67 bits per heavy atom. The number of rotatable bonds is 3. The molecule has 0 aliphatic carbocycles. The molecule has 0 fully saturated rings. The van der Waals surface area contributed by atoms with Crippen molar-refractivity contribution in [3.63, 3.8) is 0 Å². The van der Waals surface area contributed by atoms with Crippen molar-refractivity contribution in [3.8, 4) is 0 Å². The Bertz CT molecular complexity index is 604. The van der Waals surface area contributed by atoms with Crippen LogP contribution in [-0.2, 0) is 13.1 Å². The molecule has 0 spiro atoms. The van der Waals surface area contributed by atoms with Gasteiger partial charge in [0.1, 0.15) is 0 Å². The monoisotopic (exact) mass is 284 g/mol. The van der Waals surface area contributed by atoms with Gasteiger partial charge in [-0.25, -0.2) is 0 Å². The average molecular weight is 284 g/mol. The maximum Gasteiger partial charge on any atom is 0.0607 e. The van der Waals surface area contributed by atoms with Crippen LogP contribution in [0.2, 0.25) is 0 Å². The molecule has 3 rings (SSSR count). The summed E-state index contributed by atoms with van der Waals surface area (Å²) in [6.45, 7) is 8.48. The highest BCUT2D eigenvalue weighted by Crippen LogP contribution is 2.33. The van der Waals surface area contributed by atoms with Gasteiger partial charge in [0.15, 0.2) is 0 Å². The molecular formula is C17H24N4. The van der Waals surface area contributed by atoms with Crippen LogP contribution >= 0.6 is 0 Å². The molecule has 1 aromatic heterocycles. The first-order valence-corrected chi connectivity index (χ1v) is 7.73. The van der Waals surface area contributed by atoms with Crippen LogP contribution in [0.15, 0.2) is 36.7 Å². The second kappa shape index (κ2) is 5.80. The number of hydrogen-bond acceptors (Lipinski definition) is 3. The van der Waals surface area contributed by atoms with Gasteiger partial charge in [-0.2, -0.15) is 5.10 Å². The molecule has 4 heteroatoms. The van der Waals surface area contributed by atoms with Crippen LogP contribution in [0.1, 0.15) is 19.4 Å². The highest BCUT2D eigenvalue weighted by atomic mass is 15.3. The van der Waals surface area contributed by atoms with E-state index in [1.54, 1.807) is 0 Å². The summed E-state index contributed by atoms with van der Waals surface area (Å²) in [6.07, 6.45) is 4.15. The lowest BCUT2D eigenvalue weighted by atomic mass is 10.1. The maximum atomic E-state index is 4.39. The molecule has 112 valence electrons. The second-order valence-electron chi connectivity index (χ2n) is 6.06. The first kappa shape index (κ1) is 14.0. The molecule has 1 aliphatic heterocycles. The minimum atomic E-state index is 0.642. The van der Waals surface area contributed by atoms with E-state index in [9.17, 15) is 0 Å². The average Bonchev–Trinajstić information content (AvgIpc) is 2.89. The van der Waals surface area contributed by atoms with Gasteiger partial charge in [0.2, 0.25) is 0 Å². The molecular weight excluding hydrogens is 260 g/mol. The normalized spacial score (nSPS) is 18.5. The quantitative estimate of drug-likeness (QED) is 0.866. The molecule has 2 heterocycles. The summed E-state index contributed by atoms with van der Waals surface area (Å²) < 4.78 is 1.99. The zero-order valence-electron chi connectivity index (χ0n) is 13.2. The van der Waals surface area contributed by atoms with Gasteiger partial charge in [-0.3, -0.25) is 4.68 Å². The lowest BCUT2D eigenvalue weighted by Gasteiger charge is -2.26. The molecule has 1 aliphatic rings. The molecule has 0 radical (unpaired) electrons. The van der Waals surface area contributed by atoms with Crippen molar-refractivity contribution in [1.29, 1.82) is 0 Å². The molecule has 0 bridgehead atoms. The van der Waals surface area contributed by atoms with E-state index in [-0.39, 0.29) is 0 Å². The van der Waals surface area contributed by atoms with Gasteiger partial charge in [-0.1, -0.05) is 19.1 Å². The highest BCUT2D eigenvalue weighted by Gasteiger charge is 2.22. The molecule has 21 heavy (non-hydrogen) atoms. The first-order chi connectivity index (χ1) is 10.2. The largest absolute Gasteiger partial charge is 0.373 e. The van der Waals surface area contributed by atoms with Crippen molar-refractivity contribution >= 4 is 11.4 Å². The second-order valence-corrected chi connectivity index (χ2v) is 6.06. The molecule has 1 atom stereocenters. The van der Waals surface area contributed by atoms with E-state index >= 15 is 0 Å². The summed E-state index contributed by atoms with van der Waals surface area (Å²) in [6, 6.07) is 8.70. The van der Waals surface area contributed by atoms with Crippen molar-refractivity contribution in [1.82, 2.24) is 9.78 Å². The number of aryl methyl sites for hydroxylation is 1. The van der Waals surface area contributed by atoms with Crippen LogP contribution in [0.5, 0.6) is 0 Å². The molecule has 0 N–H and O–H groups in total. The van der Waals surface area contributed by atoms with Crippen LogP contribution in [-0.4, -0.2) is 29.9 Å². The Kier molecular flexibility index (Phi) is 3.86. The van der Waals surface area contributed by atoms with Crippen LogP contribution in [0.4, 0.5) is 11.4 Å². The fourth-order valence-corrected chi connectivity index (χ4v) is 3.18. The molecule has 4 nitrogen and oxygen atoms in total. The van der Waals surface area contributed by atoms with Gasteiger partial charge in [0.05, 0.1) is 17.6 Å². The Labute approximate surface area is 127 Å². The molecule has 0 amide bonds. The minimum absolute atomic E-state index is 0.642. The number of benzene rings is 1.